The van der Waals surface area contributed by atoms with E-state index in [9.17, 15) is 0 Å². The predicted molar refractivity (Wildman–Crippen MR) is 197 cm³/mol. The average Bonchev–Trinajstić information content (AvgIpc) is 3.06. The van der Waals surface area contributed by atoms with Crippen LogP contribution < -0.4 is 0 Å². The summed E-state index contributed by atoms with van der Waals surface area (Å²) >= 11 is 0. The molecule has 0 amide bonds. The minimum Gasteiger partial charge on any atom is -0.262 e. The molecule has 0 heterocycles. The third-order valence-electron chi connectivity index (χ3n) is 7.88. The first-order valence-electron chi connectivity index (χ1n) is 14.8. The Kier molecular flexibility index (Phi) is 9.28. The molecule has 0 N–H and O–H groups in total. The maximum absolute atomic E-state index is 4.58. The van der Waals surface area contributed by atoms with Crippen LogP contribution in [0, 0.1) is 0 Å². The molecule has 1 heteroatoms. The van der Waals surface area contributed by atoms with Crippen molar-refractivity contribution >= 4 is 55.3 Å². The lowest BCUT2D eigenvalue weighted by molar-refractivity contribution is 1.44. The summed E-state index contributed by atoms with van der Waals surface area (Å²) in [4.78, 5) is 4.58. The van der Waals surface area contributed by atoms with E-state index >= 15 is 0 Å². The van der Waals surface area contributed by atoms with E-state index in [-0.39, 0.29) is 0 Å². The highest BCUT2D eigenvalue weighted by atomic mass is 14.7. The molecule has 0 aliphatic carbocycles. The van der Waals surface area contributed by atoms with Gasteiger partial charge in [-0.15, -0.1) is 0 Å². The number of allylic oxidation sites excluding steroid dienone is 11. The van der Waals surface area contributed by atoms with Gasteiger partial charge in [0.05, 0.1) is 5.70 Å². The fourth-order valence-electron chi connectivity index (χ4n) is 5.79. The molecule has 214 valence electrons. The molecule has 0 bridgehead atoms. The molecule has 0 atom stereocenters. The van der Waals surface area contributed by atoms with E-state index in [1.807, 2.05) is 25.2 Å². The Morgan fingerprint density at radius 2 is 1.23 bits per heavy atom. The molecule has 0 aliphatic heterocycles. The van der Waals surface area contributed by atoms with Crippen LogP contribution in [0.15, 0.2) is 176 Å². The highest BCUT2D eigenvalue weighted by molar-refractivity contribution is 6.18. The molecule has 0 unspecified atom stereocenters. The molecule has 5 aromatic rings. The lowest BCUT2D eigenvalue weighted by atomic mass is 9.83. The van der Waals surface area contributed by atoms with Crippen LogP contribution in [0.3, 0.4) is 0 Å². The molecule has 5 rings (SSSR count). The van der Waals surface area contributed by atoms with Crippen molar-refractivity contribution in [2.75, 3.05) is 0 Å². The first-order valence-corrected chi connectivity index (χ1v) is 14.8. The number of hydrogen-bond acceptors (Lipinski definition) is 1. The van der Waals surface area contributed by atoms with Crippen LogP contribution >= 0.6 is 0 Å². The van der Waals surface area contributed by atoms with E-state index in [0.29, 0.717) is 5.70 Å². The minimum atomic E-state index is 0.694. The molecular weight excluding hydrogens is 530 g/mol. The van der Waals surface area contributed by atoms with E-state index in [1.54, 1.807) is 6.21 Å². The van der Waals surface area contributed by atoms with Gasteiger partial charge in [-0.3, -0.25) is 4.99 Å². The minimum absolute atomic E-state index is 0.694. The molecule has 0 aromatic heterocycles. The number of rotatable bonds is 10. The predicted octanol–water partition coefficient (Wildman–Crippen LogP) is 12.1. The van der Waals surface area contributed by atoms with Crippen LogP contribution in [-0.2, 0) is 0 Å². The second-order valence-corrected chi connectivity index (χ2v) is 10.5. The molecule has 1 nitrogen and oxygen atoms in total. The van der Waals surface area contributed by atoms with Crippen molar-refractivity contribution in [3.63, 3.8) is 0 Å². The number of nitrogens with zero attached hydrogens (tertiary/aromatic N) is 1. The lowest BCUT2D eigenvalue weighted by Gasteiger charge is -2.20. The van der Waals surface area contributed by atoms with Gasteiger partial charge in [0.25, 0.3) is 0 Å². The molecule has 44 heavy (non-hydrogen) atoms. The van der Waals surface area contributed by atoms with Crippen LogP contribution in [0.25, 0.3) is 49.0 Å². The van der Waals surface area contributed by atoms with Crippen LogP contribution in [0.5, 0.6) is 0 Å². The third-order valence-corrected chi connectivity index (χ3v) is 7.88. The van der Waals surface area contributed by atoms with Crippen LogP contribution in [0.2, 0.25) is 0 Å². The smallest absolute Gasteiger partial charge is 0.0632 e. The van der Waals surface area contributed by atoms with Crippen LogP contribution in [-0.4, -0.2) is 6.21 Å². The van der Waals surface area contributed by atoms with Gasteiger partial charge in [-0.1, -0.05) is 154 Å². The molecule has 0 radical (unpaired) electrons. The normalized spacial score (nSPS) is 12.9. The van der Waals surface area contributed by atoms with Gasteiger partial charge >= 0.3 is 0 Å². The van der Waals surface area contributed by atoms with Crippen molar-refractivity contribution < 1.29 is 0 Å². The summed E-state index contributed by atoms with van der Waals surface area (Å²) in [5, 5.41) is 6.99. The van der Waals surface area contributed by atoms with Crippen LogP contribution in [0.4, 0.5) is 0 Å². The van der Waals surface area contributed by atoms with E-state index in [4.69, 9.17) is 0 Å². The summed E-state index contributed by atoms with van der Waals surface area (Å²) in [6.45, 7) is 20.8. The Bertz CT molecular complexity index is 2030. The van der Waals surface area contributed by atoms with Gasteiger partial charge < -0.3 is 0 Å². The largest absolute Gasteiger partial charge is 0.262 e. The zero-order valence-electron chi connectivity index (χ0n) is 25.6. The van der Waals surface area contributed by atoms with Crippen molar-refractivity contribution in [3.05, 3.63) is 188 Å². The summed E-state index contributed by atoms with van der Waals surface area (Å²) in [5.41, 5.74) is 7.98. The Labute approximate surface area is 261 Å². The number of aliphatic imine (C=N–C) groups is 1. The van der Waals surface area contributed by atoms with Gasteiger partial charge in [-0.25, -0.2) is 0 Å². The number of fused-ring (bicyclic) bond motifs is 3. The Hall–Kier alpha value is -5.53. The quantitative estimate of drug-likeness (QED) is 0.0904. The second-order valence-electron chi connectivity index (χ2n) is 10.5. The van der Waals surface area contributed by atoms with Gasteiger partial charge in [0, 0.05) is 11.8 Å². The van der Waals surface area contributed by atoms with Crippen molar-refractivity contribution in [2.45, 2.75) is 13.8 Å². The fraction of sp³-hybridized carbons (Fsp3) is 0.0465. The zero-order chi connectivity index (χ0) is 31.1. The third kappa shape index (κ3) is 5.86. The summed E-state index contributed by atoms with van der Waals surface area (Å²) in [6, 6.07) is 32.1. The maximum Gasteiger partial charge on any atom is 0.0632 e. The van der Waals surface area contributed by atoms with Gasteiger partial charge in [0.1, 0.15) is 0 Å². The van der Waals surface area contributed by atoms with Crippen molar-refractivity contribution in [3.8, 4) is 0 Å². The van der Waals surface area contributed by atoms with Crippen molar-refractivity contribution in [1.29, 1.82) is 0 Å². The average molecular weight is 568 g/mol. The molecule has 0 spiro atoms. The highest BCUT2D eigenvalue weighted by Crippen LogP contribution is 2.42. The Balaban J connectivity index is 1.85. The molecule has 0 saturated heterocycles. The summed E-state index contributed by atoms with van der Waals surface area (Å²) in [5.74, 6) is 0. The second kappa shape index (κ2) is 13.6. The molecule has 0 saturated carbocycles. The van der Waals surface area contributed by atoms with Gasteiger partial charge in [0.2, 0.25) is 0 Å². The molecule has 0 aliphatic rings. The SMILES string of the molecule is C=C/C=C\C(=C/C)c1c2ccccc2c(/C(=C/C=C(\C(=C)N=CC)c2ccc3ccccc3c2)C(=C)C=C)c2ccccc12. The van der Waals surface area contributed by atoms with Gasteiger partial charge in [-0.2, -0.15) is 0 Å². The van der Waals surface area contributed by atoms with Crippen LogP contribution in [0.1, 0.15) is 30.5 Å². The maximum atomic E-state index is 4.58. The van der Waals surface area contributed by atoms with Gasteiger partial charge in [0.15, 0.2) is 0 Å². The summed E-state index contributed by atoms with van der Waals surface area (Å²) in [7, 11) is 0. The number of benzene rings is 5. The van der Waals surface area contributed by atoms with E-state index in [0.717, 1.165) is 44.2 Å². The Morgan fingerprint density at radius 3 is 1.80 bits per heavy atom. The molecular formula is C43H37N. The van der Waals surface area contributed by atoms with E-state index in [2.05, 4.69) is 154 Å². The monoisotopic (exact) mass is 567 g/mol. The molecule has 0 fully saturated rings. The van der Waals surface area contributed by atoms with E-state index in [1.165, 1.54) is 27.1 Å². The Morgan fingerprint density at radius 1 is 0.659 bits per heavy atom. The summed E-state index contributed by atoms with van der Waals surface area (Å²) < 4.78 is 0. The first kappa shape index (κ1) is 29.9. The summed E-state index contributed by atoms with van der Waals surface area (Å²) in [6.07, 6.45) is 16.0. The topological polar surface area (TPSA) is 12.4 Å². The lowest BCUT2D eigenvalue weighted by Crippen LogP contribution is -1.97. The zero-order valence-corrected chi connectivity index (χ0v) is 25.6. The standard InChI is InChI=1S/C43H37N/c1-7-11-18-32(9-3)42-38-21-14-16-23-40(38)43(41-24-17-15-22-39(41)42)36(30(5)8-2)27-28-37(31(6)44-10-4)35-26-25-33-19-12-13-20-34(33)29-35/h7-29H,1-2,5-6H2,3-4H3/b18-11-,32-9+,36-27+,37-28+,44-10?. The van der Waals surface area contributed by atoms with E-state index < -0.39 is 0 Å². The fourth-order valence-corrected chi connectivity index (χ4v) is 5.79. The molecule has 5 aromatic carbocycles. The number of hydrogen-bond donors (Lipinski definition) is 0. The first-order chi connectivity index (χ1) is 21.5. The van der Waals surface area contributed by atoms with Crippen molar-refractivity contribution in [2.24, 2.45) is 4.99 Å². The highest BCUT2D eigenvalue weighted by Gasteiger charge is 2.18. The van der Waals surface area contributed by atoms with Gasteiger partial charge in [-0.05, 0) is 85.6 Å². The van der Waals surface area contributed by atoms with Crippen molar-refractivity contribution in [1.82, 2.24) is 0 Å².